The topological polar surface area (TPSA) is 163 Å². The van der Waals surface area contributed by atoms with Gasteiger partial charge in [0.2, 0.25) is 21.8 Å². The van der Waals surface area contributed by atoms with Crippen molar-refractivity contribution in [2.45, 2.75) is 51.6 Å². The second kappa shape index (κ2) is 17.9. The van der Waals surface area contributed by atoms with Gasteiger partial charge in [-0.1, -0.05) is 26.0 Å². The summed E-state index contributed by atoms with van der Waals surface area (Å²) in [7, 11) is 1.00. The molecule has 4 rings (SSSR count). The van der Waals surface area contributed by atoms with Crippen molar-refractivity contribution < 1.29 is 37.1 Å². The van der Waals surface area contributed by atoms with Crippen LogP contribution in [0.4, 0.5) is 5.69 Å². The minimum Gasteiger partial charge on any atom is -0.497 e. The van der Waals surface area contributed by atoms with Crippen molar-refractivity contribution in [2.24, 2.45) is 5.92 Å². The van der Waals surface area contributed by atoms with Gasteiger partial charge in [0.15, 0.2) is 0 Å². The molecule has 3 aromatic carbocycles. The molecule has 14 heteroatoms. The minimum absolute atomic E-state index is 0.00233. The molecule has 0 radical (unpaired) electrons. The molecule has 3 N–H and O–H groups in total. The van der Waals surface area contributed by atoms with Crippen LogP contribution in [0.3, 0.4) is 0 Å². The molecule has 1 aliphatic rings. The van der Waals surface area contributed by atoms with Crippen LogP contribution in [0.5, 0.6) is 11.5 Å². The quantitative estimate of drug-likeness (QED) is 0.302. The lowest BCUT2D eigenvalue weighted by Crippen LogP contribution is -2.54. The average molecular weight is 736 g/mol. The van der Waals surface area contributed by atoms with Crippen molar-refractivity contribution in [3.63, 3.8) is 0 Å². The van der Waals surface area contributed by atoms with E-state index in [1.807, 2.05) is 26.0 Å². The number of sulfonamides is 1. The summed E-state index contributed by atoms with van der Waals surface area (Å²) in [4.78, 5) is 56.6. The highest BCUT2D eigenvalue weighted by atomic mass is 32.2. The lowest BCUT2D eigenvalue weighted by molar-refractivity contribution is -0.123. The van der Waals surface area contributed by atoms with Crippen molar-refractivity contribution in [2.75, 3.05) is 51.5 Å². The fourth-order valence-corrected chi connectivity index (χ4v) is 6.53. The number of anilines is 1. The van der Waals surface area contributed by atoms with Gasteiger partial charge in [-0.05, 0) is 90.9 Å². The van der Waals surface area contributed by atoms with Crippen LogP contribution in [0, 0.1) is 5.92 Å². The van der Waals surface area contributed by atoms with Crippen molar-refractivity contribution in [1.82, 2.24) is 20.9 Å². The molecule has 1 heterocycles. The summed E-state index contributed by atoms with van der Waals surface area (Å²) in [6, 6.07) is 16.8. The second-order valence-corrected chi connectivity index (χ2v) is 15.4. The van der Waals surface area contributed by atoms with Crippen LogP contribution in [-0.2, 0) is 32.5 Å². The highest BCUT2D eigenvalue weighted by molar-refractivity contribution is 7.92. The van der Waals surface area contributed by atoms with Crippen LogP contribution < -0.4 is 29.7 Å². The Labute approximate surface area is 306 Å². The Morgan fingerprint density at radius 2 is 1.65 bits per heavy atom. The first-order chi connectivity index (χ1) is 24.7. The number of nitrogens with zero attached hydrogens (tertiary/aromatic N) is 2. The first-order valence-electron chi connectivity index (χ1n) is 17.2. The molecule has 3 aromatic rings. The summed E-state index contributed by atoms with van der Waals surface area (Å²) in [5.74, 6) is -0.377. The van der Waals surface area contributed by atoms with Crippen molar-refractivity contribution in [1.29, 1.82) is 0 Å². The number of nitrogens with one attached hydrogen (secondary N) is 3. The van der Waals surface area contributed by atoms with Crippen LogP contribution in [0.15, 0.2) is 66.7 Å². The van der Waals surface area contributed by atoms with Crippen molar-refractivity contribution in [3.8, 4) is 11.5 Å². The van der Waals surface area contributed by atoms with E-state index < -0.39 is 39.8 Å². The summed E-state index contributed by atoms with van der Waals surface area (Å²) in [5, 5.41) is 8.90. The van der Waals surface area contributed by atoms with Gasteiger partial charge < -0.3 is 30.3 Å². The molecule has 280 valence electrons. The number of amides is 4. The van der Waals surface area contributed by atoms with E-state index in [2.05, 4.69) is 16.0 Å². The first-order valence-corrected chi connectivity index (χ1v) is 19.0. The third kappa shape index (κ3) is 10.9. The molecule has 0 spiro atoms. The Hall–Kier alpha value is -5.11. The molecule has 2 atom stereocenters. The fraction of sp³-hybridized carbons (Fsp3) is 0.421. The van der Waals surface area contributed by atoms with E-state index in [4.69, 9.17) is 9.47 Å². The molecular weight excluding hydrogens is 687 g/mol. The zero-order chi connectivity index (χ0) is 38.0. The molecule has 0 unspecified atom stereocenters. The Morgan fingerprint density at radius 1 is 0.962 bits per heavy atom. The van der Waals surface area contributed by atoms with Gasteiger partial charge in [-0.15, -0.1) is 0 Å². The van der Waals surface area contributed by atoms with Crippen LogP contribution in [0.25, 0.3) is 0 Å². The zero-order valence-corrected chi connectivity index (χ0v) is 31.4. The molecule has 0 fully saturated rings. The van der Waals surface area contributed by atoms with E-state index in [1.165, 1.54) is 36.2 Å². The van der Waals surface area contributed by atoms with Crippen LogP contribution in [0.2, 0.25) is 0 Å². The largest absolute Gasteiger partial charge is 0.497 e. The predicted octanol–water partition coefficient (Wildman–Crippen LogP) is 3.18. The number of fused-ring (bicyclic) bond motifs is 2. The summed E-state index contributed by atoms with van der Waals surface area (Å²) in [5.41, 5.74) is 2.54. The van der Waals surface area contributed by atoms with Gasteiger partial charge in [-0.3, -0.25) is 23.5 Å². The Balaban J connectivity index is 1.70. The highest BCUT2D eigenvalue weighted by Gasteiger charge is 2.29. The molecule has 0 saturated heterocycles. The lowest BCUT2D eigenvalue weighted by Gasteiger charge is -2.30. The maximum absolute atomic E-state index is 14.1. The summed E-state index contributed by atoms with van der Waals surface area (Å²) < 4.78 is 36.0. The van der Waals surface area contributed by atoms with E-state index >= 15 is 0 Å². The van der Waals surface area contributed by atoms with Gasteiger partial charge in [0.25, 0.3) is 11.8 Å². The standard InChI is InChI=1S/C38H49N5O8S/c1-25(2)20-30-23-43(38(47)27-11-14-31(15-12-27)42(3)52(6,48)49)24-35(44)39-19-7-8-28-22-29(13-18-34(28)51-5)36(45)41-33(37(46)40-30)21-26-9-16-32(50-4)17-10-26/h9-18,22,25,30,33H,7-8,19-21,23-24H2,1-6H3,(H,39,44)(H,40,46)(H,41,45)/t30-,33-/m0/s1. The number of aryl methyl sites for hydroxylation is 1. The predicted molar refractivity (Wildman–Crippen MR) is 199 cm³/mol. The van der Waals surface area contributed by atoms with E-state index in [0.717, 1.165) is 21.7 Å². The van der Waals surface area contributed by atoms with E-state index in [0.29, 0.717) is 48.6 Å². The highest BCUT2D eigenvalue weighted by Crippen LogP contribution is 2.23. The third-order valence-corrected chi connectivity index (χ3v) is 10.1. The van der Waals surface area contributed by atoms with Gasteiger partial charge >= 0.3 is 0 Å². The molecule has 1 aliphatic heterocycles. The molecular formula is C38H49N5O8S. The van der Waals surface area contributed by atoms with Crippen LogP contribution in [-0.4, -0.2) is 96.2 Å². The maximum atomic E-state index is 14.1. The number of benzene rings is 3. The number of hydrogen-bond donors (Lipinski definition) is 3. The summed E-state index contributed by atoms with van der Waals surface area (Å²) in [6.45, 7) is 4.01. The summed E-state index contributed by atoms with van der Waals surface area (Å²) in [6.07, 6.45) is 2.76. The average Bonchev–Trinajstić information content (AvgIpc) is 3.11. The minimum atomic E-state index is -3.52. The number of rotatable bonds is 9. The van der Waals surface area contributed by atoms with Gasteiger partial charge in [-0.2, -0.15) is 0 Å². The molecule has 4 amide bonds. The van der Waals surface area contributed by atoms with E-state index in [-0.39, 0.29) is 36.9 Å². The van der Waals surface area contributed by atoms with Crippen molar-refractivity contribution >= 4 is 39.3 Å². The van der Waals surface area contributed by atoms with Gasteiger partial charge in [0.05, 0.1) is 32.7 Å². The Bertz CT molecular complexity index is 1830. The number of ether oxygens (including phenoxy) is 2. The van der Waals surface area contributed by atoms with Gasteiger partial charge in [-0.25, -0.2) is 8.42 Å². The van der Waals surface area contributed by atoms with Crippen LogP contribution >= 0.6 is 0 Å². The zero-order valence-electron chi connectivity index (χ0n) is 30.6. The summed E-state index contributed by atoms with van der Waals surface area (Å²) >= 11 is 0. The molecule has 0 aliphatic carbocycles. The smallest absolute Gasteiger partial charge is 0.254 e. The molecule has 13 nitrogen and oxygen atoms in total. The van der Waals surface area contributed by atoms with E-state index in [1.54, 1.807) is 44.6 Å². The number of hydrogen-bond acceptors (Lipinski definition) is 8. The number of carbonyl (C=O) groups excluding carboxylic acids is 4. The molecule has 0 aromatic heterocycles. The number of carbonyl (C=O) groups is 4. The maximum Gasteiger partial charge on any atom is 0.254 e. The lowest BCUT2D eigenvalue weighted by atomic mass is 10.00. The Kier molecular flexibility index (Phi) is 13.7. The normalized spacial score (nSPS) is 17.8. The van der Waals surface area contributed by atoms with Crippen LogP contribution in [0.1, 0.15) is 58.5 Å². The fourth-order valence-electron chi connectivity index (χ4n) is 6.02. The van der Waals surface area contributed by atoms with E-state index in [9.17, 15) is 27.6 Å². The van der Waals surface area contributed by atoms with Gasteiger partial charge in [0.1, 0.15) is 17.5 Å². The Morgan fingerprint density at radius 3 is 2.27 bits per heavy atom. The molecule has 2 bridgehead atoms. The molecule has 0 saturated carbocycles. The monoisotopic (exact) mass is 735 g/mol. The van der Waals surface area contributed by atoms with Crippen molar-refractivity contribution in [3.05, 3.63) is 89.0 Å². The molecule has 52 heavy (non-hydrogen) atoms. The number of methoxy groups -OCH3 is 2. The SMILES string of the molecule is COc1ccc(C[C@@H]2NC(=O)c3ccc(OC)c(c3)CCCNC(=O)CN(C(=O)c3ccc(N(C)S(C)(=O)=O)cc3)C[C@H](CC(C)C)NC2=O)cc1. The third-order valence-electron chi connectivity index (χ3n) is 8.85. The second-order valence-electron chi connectivity index (χ2n) is 13.4. The van der Waals surface area contributed by atoms with Gasteiger partial charge in [0, 0.05) is 43.7 Å². The first kappa shape index (κ1) is 39.7.